The average molecular weight is 573 g/mol. The summed E-state index contributed by atoms with van der Waals surface area (Å²) in [5.74, 6) is -2.04. The van der Waals surface area contributed by atoms with E-state index in [-0.39, 0.29) is 30.0 Å². The predicted molar refractivity (Wildman–Crippen MR) is 147 cm³/mol. The second-order valence-corrected chi connectivity index (χ2v) is 10.7. The van der Waals surface area contributed by atoms with E-state index in [4.69, 9.17) is 4.74 Å². The van der Waals surface area contributed by atoms with Gasteiger partial charge in [0.2, 0.25) is 21.8 Å². The molecule has 13 heteroatoms. The highest BCUT2D eigenvalue weighted by Crippen LogP contribution is 2.34. The molecule has 1 N–H and O–H groups in total. The van der Waals surface area contributed by atoms with Crippen molar-refractivity contribution < 1.29 is 32.1 Å². The van der Waals surface area contributed by atoms with Crippen molar-refractivity contribution >= 4 is 33.2 Å². The summed E-state index contributed by atoms with van der Waals surface area (Å²) >= 11 is 0. The fourth-order valence-electron chi connectivity index (χ4n) is 4.11. The summed E-state index contributed by atoms with van der Waals surface area (Å²) in [5, 5.41) is 13.9. The largest absolute Gasteiger partial charge is 0.495 e. The van der Waals surface area contributed by atoms with Gasteiger partial charge in [0.1, 0.15) is 29.8 Å². The second kappa shape index (κ2) is 13.0. The average Bonchev–Trinajstić information content (AvgIpc) is 2.93. The van der Waals surface area contributed by atoms with Gasteiger partial charge in [0, 0.05) is 37.7 Å². The van der Waals surface area contributed by atoms with Gasteiger partial charge < -0.3 is 15.0 Å². The number of ether oxygens (including phenoxy) is 1. The SMILES string of the molecule is CNC(=O)C(Cc1ccccc1)N(Cc1ccccc1F)C(=O)CN(c1cc([N+](=O)[O-])ccc1OC)S(C)(=O)=O. The third kappa shape index (κ3) is 7.32. The number of amides is 2. The van der Waals surface area contributed by atoms with Gasteiger partial charge >= 0.3 is 0 Å². The van der Waals surface area contributed by atoms with Crippen molar-refractivity contribution in [3.63, 3.8) is 0 Å². The minimum atomic E-state index is -4.20. The van der Waals surface area contributed by atoms with E-state index < -0.39 is 50.9 Å². The molecule has 0 saturated carbocycles. The molecule has 0 aromatic heterocycles. The summed E-state index contributed by atoms with van der Waals surface area (Å²) in [6.45, 7) is -1.19. The standard InChI is InChI=1S/C27H29FN4O7S/c1-29-27(34)24(15-19-9-5-4-6-10-19)30(17-20-11-7-8-12-22(20)28)26(33)18-31(40(3,37)38)23-16-21(32(35)36)13-14-25(23)39-2/h4-14,16,24H,15,17-18H2,1-3H3,(H,29,34). The summed E-state index contributed by atoms with van der Waals surface area (Å²) in [4.78, 5) is 38.8. The normalized spacial score (nSPS) is 11.8. The number of methoxy groups -OCH3 is 1. The van der Waals surface area contributed by atoms with Crippen LogP contribution in [0.4, 0.5) is 15.8 Å². The molecule has 0 bridgehead atoms. The Morgan fingerprint density at radius 3 is 2.30 bits per heavy atom. The van der Waals surface area contributed by atoms with E-state index in [9.17, 15) is 32.5 Å². The Hall–Kier alpha value is -4.52. The third-order valence-electron chi connectivity index (χ3n) is 6.14. The van der Waals surface area contributed by atoms with Crippen LogP contribution < -0.4 is 14.4 Å². The monoisotopic (exact) mass is 572 g/mol. The minimum Gasteiger partial charge on any atom is -0.495 e. The maximum Gasteiger partial charge on any atom is 0.271 e. The quantitative estimate of drug-likeness (QED) is 0.260. The van der Waals surface area contributed by atoms with Gasteiger partial charge in [-0.2, -0.15) is 0 Å². The van der Waals surface area contributed by atoms with E-state index in [1.165, 1.54) is 38.4 Å². The molecule has 0 fully saturated rings. The highest BCUT2D eigenvalue weighted by molar-refractivity contribution is 7.92. The molecule has 0 saturated heterocycles. The van der Waals surface area contributed by atoms with Crippen molar-refractivity contribution in [2.45, 2.75) is 19.0 Å². The van der Waals surface area contributed by atoms with Crippen LogP contribution in [0.3, 0.4) is 0 Å². The lowest BCUT2D eigenvalue weighted by Gasteiger charge is -2.33. The van der Waals surface area contributed by atoms with Gasteiger partial charge in [0.15, 0.2) is 0 Å². The Labute approximate surface area is 231 Å². The van der Waals surface area contributed by atoms with Gasteiger partial charge in [0.25, 0.3) is 5.69 Å². The van der Waals surface area contributed by atoms with E-state index in [0.29, 0.717) is 9.87 Å². The van der Waals surface area contributed by atoms with Crippen molar-refractivity contribution in [3.8, 4) is 5.75 Å². The van der Waals surface area contributed by atoms with E-state index in [0.717, 1.165) is 23.3 Å². The molecule has 212 valence electrons. The fraction of sp³-hybridized carbons (Fsp3) is 0.259. The maximum atomic E-state index is 14.7. The molecular weight excluding hydrogens is 543 g/mol. The van der Waals surface area contributed by atoms with Crippen LogP contribution >= 0.6 is 0 Å². The smallest absolute Gasteiger partial charge is 0.271 e. The molecule has 0 aliphatic heterocycles. The molecule has 1 atom stereocenters. The molecule has 0 aliphatic rings. The molecule has 0 aliphatic carbocycles. The second-order valence-electron chi connectivity index (χ2n) is 8.82. The molecule has 3 aromatic rings. The van der Waals surface area contributed by atoms with Crippen LogP contribution in [-0.4, -0.2) is 63.1 Å². The van der Waals surface area contributed by atoms with Crippen molar-refractivity contribution in [2.24, 2.45) is 0 Å². The molecule has 40 heavy (non-hydrogen) atoms. The number of nitro benzene ring substituents is 1. The van der Waals surface area contributed by atoms with Crippen molar-refractivity contribution in [2.75, 3.05) is 31.3 Å². The van der Waals surface area contributed by atoms with Gasteiger partial charge in [-0.05, 0) is 17.7 Å². The Morgan fingerprint density at radius 2 is 1.73 bits per heavy atom. The summed E-state index contributed by atoms with van der Waals surface area (Å²) in [6, 6.07) is 16.7. The van der Waals surface area contributed by atoms with Gasteiger partial charge in [0.05, 0.1) is 18.3 Å². The Bertz CT molecular complexity index is 1490. The molecular formula is C27H29FN4O7S. The van der Waals surface area contributed by atoms with Crippen LogP contribution in [0, 0.1) is 15.9 Å². The molecule has 2 amide bonds. The molecule has 11 nitrogen and oxygen atoms in total. The number of nitrogens with zero attached hydrogens (tertiary/aromatic N) is 3. The van der Waals surface area contributed by atoms with E-state index in [2.05, 4.69) is 5.32 Å². The molecule has 0 spiro atoms. The number of sulfonamides is 1. The molecule has 3 aromatic carbocycles. The summed E-state index contributed by atoms with van der Waals surface area (Å²) in [6.07, 6.45) is 0.889. The Balaban J connectivity index is 2.11. The predicted octanol–water partition coefficient (Wildman–Crippen LogP) is 2.89. The van der Waals surface area contributed by atoms with Crippen molar-refractivity contribution in [3.05, 3.63) is 99.9 Å². The first kappa shape index (κ1) is 30.0. The van der Waals surface area contributed by atoms with Crippen LogP contribution in [-0.2, 0) is 32.6 Å². The highest BCUT2D eigenvalue weighted by Gasteiger charge is 2.34. The number of hydrogen-bond donors (Lipinski definition) is 1. The number of non-ortho nitro benzene ring substituents is 1. The number of hydrogen-bond acceptors (Lipinski definition) is 7. The zero-order chi connectivity index (χ0) is 29.4. The van der Waals surface area contributed by atoms with E-state index in [1.54, 1.807) is 36.4 Å². The summed E-state index contributed by atoms with van der Waals surface area (Å²) in [7, 11) is -1.56. The van der Waals surface area contributed by atoms with Gasteiger partial charge in [-0.15, -0.1) is 0 Å². The fourth-order valence-corrected chi connectivity index (χ4v) is 4.96. The van der Waals surface area contributed by atoms with Crippen molar-refractivity contribution in [1.82, 2.24) is 10.2 Å². The molecule has 0 radical (unpaired) electrons. The zero-order valence-corrected chi connectivity index (χ0v) is 22.9. The lowest BCUT2D eigenvalue weighted by atomic mass is 10.0. The number of carbonyl (C=O) groups excluding carboxylic acids is 2. The number of rotatable bonds is 12. The third-order valence-corrected chi connectivity index (χ3v) is 7.26. The van der Waals surface area contributed by atoms with Crippen LogP contribution in [0.5, 0.6) is 5.75 Å². The molecule has 3 rings (SSSR count). The van der Waals surface area contributed by atoms with Crippen molar-refractivity contribution in [1.29, 1.82) is 0 Å². The lowest BCUT2D eigenvalue weighted by Crippen LogP contribution is -2.53. The first-order chi connectivity index (χ1) is 19.0. The minimum absolute atomic E-state index is 0.0309. The Morgan fingerprint density at radius 1 is 1.07 bits per heavy atom. The van der Waals surface area contributed by atoms with Gasteiger partial charge in [-0.1, -0.05) is 48.5 Å². The number of carbonyl (C=O) groups is 2. The number of halogens is 1. The van der Waals surface area contributed by atoms with Gasteiger partial charge in [-0.25, -0.2) is 12.8 Å². The van der Waals surface area contributed by atoms with Crippen LogP contribution in [0.1, 0.15) is 11.1 Å². The topological polar surface area (TPSA) is 139 Å². The maximum absolute atomic E-state index is 14.7. The van der Waals surface area contributed by atoms with Crippen LogP contribution in [0.2, 0.25) is 0 Å². The molecule has 0 heterocycles. The number of likely N-dealkylation sites (N-methyl/N-ethyl adjacent to an activating group) is 1. The molecule has 1 unspecified atom stereocenters. The highest BCUT2D eigenvalue weighted by atomic mass is 32.2. The summed E-state index contributed by atoms with van der Waals surface area (Å²) < 4.78 is 46.4. The summed E-state index contributed by atoms with van der Waals surface area (Å²) in [5.41, 5.74) is 0.157. The lowest BCUT2D eigenvalue weighted by molar-refractivity contribution is -0.384. The zero-order valence-electron chi connectivity index (χ0n) is 22.1. The van der Waals surface area contributed by atoms with Crippen LogP contribution in [0.25, 0.3) is 0 Å². The van der Waals surface area contributed by atoms with Crippen LogP contribution in [0.15, 0.2) is 72.8 Å². The first-order valence-corrected chi connectivity index (χ1v) is 13.9. The number of benzene rings is 3. The first-order valence-electron chi connectivity index (χ1n) is 12.0. The number of nitro groups is 1. The number of anilines is 1. The number of nitrogens with one attached hydrogen (secondary N) is 1. The van der Waals surface area contributed by atoms with Gasteiger partial charge in [-0.3, -0.25) is 24.0 Å². The van der Waals surface area contributed by atoms with E-state index >= 15 is 0 Å². The van der Waals surface area contributed by atoms with E-state index in [1.807, 2.05) is 0 Å². The Kier molecular flexibility index (Phi) is 9.78.